The van der Waals surface area contributed by atoms with Gasteiger partial charge in [-0.25, -0.2) is 0 Å². The van der Waals surface area contributed by atoms with E-state index in [1.807, 2.05) is 35.2 Å². The first-order valence-electron chi connectivity index (χ1n) is 11.3. The van der Waals surface area contributed by atoms with Crippen LogP contribution in [0.1, 0.15) is 47.7 Å². The van der Waals surface area contributed by atoms with E-state index in [0.717, 1.165) is 43.6 Å². The molecular formula is C26H31N3O3. The molecule has 0 N–H and O–H groups in total. The maximum Gasteiger partial charge on any atom is 0.269 e. The number of piperidine rings is 1. The lowest BCUT2D eigenvalue weighted by Gasteiger charge is -2.32. The number of likely N-dealkylation sites (tertiary alicyclic amines) is 1. The minimum atomic E-state index is -0.975. The third-order valence-corrected chi connectivity index (χ3v) is 6.45. The summed E-state index contributed by atoms with van der Waals surface area (Å²) in [6, 6.07) is 18.1. The highest BCUT2D eigenvalue weighted by Gasteiger charge is 2.43. The maximum absolute atomic E-state index is 13.0. The van der Waals surface area contributed by atoms with Gasteiger partial charge in [0.2, 0.25) is 5.60 Å². The van der Waals surface area contributed by atoms with Gasteiger partial charge in [-0.2, -0.15) is 0 Å². The molecule has 1 saturated heterocycles. The van der Waals surface area contributed by atoms with Gasteiger partial charge in [-0.05, 0) is 55.4 Å². The van der Waals surface area contributed by atoms with E-state index < -0.39 is 5.60 Å². The highest BCUT2D eigenvalue weighted by molar-refractivity contribution is 6.06. The summed E-state index contributed by atoms with van der Waals surface area (Å²) in [5.74, 6) is 0.592. The van der Waals surface area contributed by atoms with Crippen LogP contribution in [-0.4, -0.2) is 60.1 Å². The molecule has 2 amide bonds. The highest BCUT2D eigenvalue weighted by atomic mass is 16.7. The molecule has 1 atom stereocenters. The van der Waals surface area contributed by atoms with Gasteiger partial charge in [0.05, 0.1) is 5.71 Å². The Bertz CT molecular complexity index is 993. The number of hydrogen-bond donors (Lipinski definition) is 0. The van der Waals surface area contributed by atoms with Gasteiger partial charge in [0.25, 0.3) is 11.8 Å². The topological polar surface area (TPSA) is 62.2 Å². The van der Waals surface area contributed by atoms with Crippen LogP contribution in [-0.2, 0) is 16.1 Å². The Balaban J connectivity index is 1.33. The van der Waals surface area contributed by atoms with Crippen LogP contribution in [0.3, 0.4) is 0 Å². The fraction of sp³-hybridized carbons (Fsp3) is 0.423. The van der Waals surface area contributed by atoms with E-state index in [4.69, 9.17) is 4.84 Å². The normalized spacial score (nSPS) is 21.1. The molecule has 4 rings (SSSR count). The molecule has 0 spiro atoms. The standard InChI is InChI=1S/C26H31N3O3/c1-26(25(31)28(2)3)18-23(27-32-26)21-9-11-22(12-10-21)24(30)29-15-13-20(14-16-29)17-19-7-5-4-6-8-19/h4-12,20H,13-18H2,1-3H3. The van der Waals surface area contributed by atoms with Crippen LogP contribution in [0.2, 0.25) is 0 Å². The van der Waals surface area contributed by atoms with Crippen LogP contribution < -0.4 is 0 Å². The van der Waals surface area contributed by atoms with Gasteiger partial charge < -0.3 is 14.6 Å². The molecule has 0 saturated carbocycles. The van der Waals surface area contributed by atoms with E-state index in [2.05, 4.69) is 29.4 Å². The fourth-order valence-corrected chi connectivity index (χ4v) is 4.56. The molecule has 6 nitrogen and oxygen atoms in total. The summed E-state index contributed by atoms with van der Waals surface area (Å²) in [6.07, 6.45) is 3.56. The molecule has 0 bridgehead atoms. The zero-order valence-electron chi connectivity index (χ0n) is 19.1. The van der Waals surface area contributed by atoms with Gasteiger partial charge >= 0.3 is 0 Å². The van der Waals surface area contributed by atoms with Crippen molar-refractivity contribution in [3.63, 3.8) is 0 Å². The van der Waals surface area contributed by atoms with Crippen LogP contribution in [0, 0.1) is 5.92 Å². The smallest absolute Gasteiger partial charge is 0.269 e. The Labute approximate surface area is 189 Å². The van der Waals surface area contributed by atoms with E-state index in [-0.39, 0.29) is 11.8 Å². The SMILES string of the molecule is CN(C)C(=O)C1(C)CC(c2ccc(C(=O)N3CCC(Cc4ccccc4)CC3)cc2)=NO1. The van der Waals surface area contributed by atoms with Gasteiger partial charge in [-0.1, -0.05) is 47.6 Å². The summed E-state index contributed by atoms with van der Waals surface area (Å²) < 4.78 is 0. The second kappa shape index (κ2) is 9.15. The second-order valence-corrected chi connectivity index (χ2v) is 9.24. The van der Waals surface area contributed by atoms with E-state index in [1.165, 1.54) is 10.5 Å². The number of likely N-dealkylation sites (N-methyl/N-ethyl adjacent to an activating group) is 1. The molecule has 2 aromatic carbocycles. The molecule has 0 aliphatic carbocycles. The zero-order valence-corrected chi connectivity index (χ0v) is 19.1. The van der Waals surface area contributed by atoms with Crippen LogP contribution in [0.5, 0.6) is 0 Å². The third-order valence-electron chi connectivity index (χ3n) is 6.45. The molecule has 2 aliphatic rings. The number of amides is 2. The first-order valence-corrected chi connectivity index (χ1v) is 11.3. The lowest BCUT2D eigenvalue weighted by Crippen LogP contribution is -2.44. The number of carbonyl (C=O) groups excluding carboxylic acids is 2. The zero-order chi connectivity index (χ0) is 22.7. The van der Waals surface area contributed by atoms with Crippen LogP contribution in [0.4, 0.5) is 0 Å². The molecule has 0 radical (unpaired) electrons. The van der Waals surface area contributed by atoms with Crippen molar-refractivity contribution < 1.29 is 14.4 Å². The van der Waals surface area contributed by atoms with Crippen molar-refractivity contribution in [2.24, 2.45) is 11.1 Å². The average Bonchev–Trinajstić information content (AvgIpc) is 3.22. The quantitative estimate of drug-likeness (QED) is 0.721. The Morgan fingerprint density at radius 1 is 1.06 bits per heavy atom. The largest absolute Gasteiger partial charge is 0.379 e. The van der Waals surface area contributed by atoms with Crippen molar-refractivity contribution in [3.05, 3.63) is 71.3 Å². The first kappa shape index (κ1) is 22.1. The molecule has 1 unspecified atom stereocenters. The molecule has 168 valence electrons. The minimum Gasteiger partial charge on any atom is -0.379 e. The predicted octanol–water partition coefficient (Wildman–Crippen LogP) is 3.75. The molecular weight excluding hydrogens is 402 g/mol. The van der Waals surface area contributed by atoms with Gasteiger partial charge in [0.1, 0.15) is 0 Å². The van der Waals surface area contributed by atoms with Crippen molar-refractivity contribution in [1.29, 1.82) is 0 Å². The van der Waals surface area contributed by atoms with Crippen LogP contribution >= 0.6 is 0 Å². The predicted molar refractivity (Wildman–Crippen MR) is 125 cm³/mol. The monoisotopic (exact) mass is 433 g/mol. The lowest BCUT2D eigenvalue weighted by molar-refractivity contribution is -0.150. The van der Waals surface area contributed by atoms with Crippen molar-refractivity contribution in [2.45, 2.75) is 38.2 Å². The van der Waals surface area contributed by atoms with E-state index in [0.29, 0.717) is 17.9 Å². The summed E-state index contributed by atoms with van der Waals surface area (Å²) in [7, 11) is 3.42. The molecule has 2 heterocycles. The second-order valence-electron chi connectivity index (χ2n) is 9.24. The highest BCUT2D eigenvalue weighted by Crippen LogP contribution is 2.28. The van der Waals surface area contributed by atoms with Crippen molar-refractivity contribution in [3.8, 4) is 0 Å². The first-order chi connectivity index (χ1) is 15.4. The number of oxime groups is 1. The maximum atomic E-state index is 13.0. The van der Waals surface area contributed by atoms with E-state index in [1.54, 1.807) is 21.0 Å². The Hall–Kier alpha value is -3.15. The average molecular weight is 434 g/mol. The number of hydrogen-bond acceptors (Lipinski definition) is 4. The number of rotatable bonds is 5. The molecule has 2 aromatic rings. The lowest BCUT2D eigenvalue weighted by atomic mass is 9.90. The van der Waals surface area contributed by atoms with Gasteiger partial charge in [-0.15, -0.1) is 0 Å². The molecule has 6 heteroatoms. The summed E-state index contributed by atoms with van der Waals surface area (Å²) in [5, 5.41) is 4.14. The molecule has 1 fully saturated rings. The molecule has 2 aliphatic heterocycles. The summed E-state index contributed by atoms with van der Waals surface area (Å²) in [5.41, 5.74) is 2.68. The number of benzene rings is 2. The molecule has 32 heavy (non-hydrogen) atoms. The van der Waals surface area contributed by atoms with Gasteiger partial charge in [0, 0.05) is 39.2 Å². The Morgan fingerprint density at radius 3 is 2.34 bits per heavy atom. The van der Waals surface area contributed by atoms with Crippen LogP contribution in [0.25, 0.3) is 0 Å². The molecule has 0 aromatic heterocycles. The minimum absolute atomic E-state index is 0.0759. The van der Waals surface area contributed by atoms with Crippen molar-refractivity contribution >= 4 is 17.5 Å². The van der Waals surface area contributed by atoms with Crippen molar-refractivity contribution in [2.75, 3.05) is 27.2 Å². The summed E-state index contributed by atoms with van der Waals surface area (Å²) in [4.78, 5) is 34.3. The third kappa shape index (κ3) is 4.69. The summed E-state index contributed by atoms with van der Waals surface area (Å²) in [6.45, 7) is 3.35. The van der Waals surface area contributed by atoms with E-state index in [9.17, 15) is 9.59 Å². The number of nitrogens with zero attached hydrogens (tertiary/aromatic N) is 3. The summed E-state index contributed by atoms with van der Waals surface area (Å²) >= 11 is 0. The van der Waals surface area contributed by atoms with Crippen molar-refractivity contribution in [1.82, 2.24) is 9.80 Å². The Kier molecular flexibility index (Phi) is 6.31. The van der Waals surface area contributed by atoms with Gasteiger partial charge in [0.15, 0.2) is 0 Å². The Morgan fingerprint density at radius 2 is 1.72 bits per heavy atom. The van der Waals surface area contributed by atoms with Crippen LogP contribution in [0.15, 0.2) is 59.8 Å². The van der Waals surface area contributed by atoms with Gasteiger partial charge in [-0.3, -0.25) is 9.59 Å². The van der Waals surface area contributed by atoms with E-state index >= 15 is 0 Å². The number of carbonyl (C=O) groups is 2. The fourth-order valence-electron chi connectivity index (χ4n) is 4.56.